The van der Waals surface area contributed by atoms with Crippen LogP contribution in [-0.2, 0) is 47.9 Å². The minimum absolute atomic E-state index is 0.0150. The molecule has 0 radical (unpaired) electrons. The average Bonchev–Trinajstić information content (AvgIpc) is 3.41. The number of nitrogens with two attached hydrogens (primary N) is 2. The van der Waals surface area contributed by atoms with Crippen LogP contribution in [0.5, 0.6) is 0 Å². The van der Waals surface area contributed by atoms with E-state index in [9.17, 15) is 43.2 Å². The minimum atomic E-state index is -0.424. The molecule has 1 heterocycles. The smallest absolute Gasteiger partial charge is 0.225 e. The summed E-state index contributed by atoms with van der Waals surface area (Å²) in [7, 11) is 3.57. The molecule has 0 aromatic rings. The number of nitrogens with zero attached hydrogens (tertiary/aromatic N) is 3. The Morgan fingerprint density at radius 1 is 0.512 bits per heavy atom. The van der Waals surface area contributed by atoms with Crippen LogP contribution in [0.4, 0.5) is 0 Å². The number of hydrogen-bond acceptors (Lipinski definition) is 10. The van der Waals surface area contributed by atoms with E-state index in [0.717, 1.165) is 77.5 Å². The molecule has 1 rings (SSSR count). The molecule has 7 unspecified atom stereocenters. The van der Waals surface area contributed by atoms with E-state index in [1.807, 2.05) is 190 Å². The van der Waals surface area contributed by atoms with Gasteiger partial charge in [-0.15, -0.1) is 0 Å². The normalized spacial score (nSPS) is 14.2. The van der Waals surface area contributed by atoms with Crippen molar-refractivity contribution in [1.82, 2.24) is 30.7 Å². The third kappa shape index (κ3) is 52.2. The second-order valence-corrected chi connectivity index (χ2v) is 24.5. The molecule has 7 N–H and O–H groups in total. The zero-order chi connectivity index (χ0) is 66.5. The Bertz CT molecular complexity index is 1740. The second kappa shape index (κ2) is 50.9. The highest BCUT2D eigenvalue weighted by atomic mass is 16.5. The fraction of sp³-hybridized carbons (Fsp3) is 0.859. The fourth-order valence-electron chi connectivity index (χ4n) is 5.88. The quantitative estimate of drug-likeness (QED) is 0.0685. The molecule has 18 nitrogen and oxygen atoms in total. The molecule has 0 bridgehead atoms. The van der Waals surface area contributed by atoms with Crippen molar-refractivity contribution in [3.63, 3.8) is 0 Å². The Kier molecular flexibility index (Phi) is 56.5. The number of ketones is 1. The lowest BCUT2D eigenvalue weighted by Gasteiger charge is -2.28. The van der Waals surface area contributed by atoms with Crippen LogP contribution < -0.4 is 27.4 Å². The minimum Gasteiger partial charge on any atom is -0.378 e. The fourth-order valence-corrected chi connectivity index (χ4v) is 5.88. The Labute approximate surface area is 503 Å². The van der Waals surface area contributed by atoms with Crippen molar-refractivity contribution < 1.29 is 47.9 Å². The highest BCUT2D eigenvalue weighted by Crippen LogP contribution is 2.18. The van der Waals surface area contributed by atoms with Gasteiger partial charge >= 0.3 is 0 Å². The Morgan fingerprint density at radius 3 is 1.11 bits per heavy atom. The van der Waals surface area contributed by atoms with E-state index in [-0.39, 0.29) is 111 Å². The highest BCUT2D eigenvalue weighted by Gasteiger charge is 2.25. The standard InChI is InChI=1S/C11H21NO2.C9H17NO2.2C9H19NO.C8H17NO.C7H15NO.C6H13NO.C5H11NO/c1-6-8(2)10(14)12-11(4,5)7-9(3)13;1-3-8(2)9(11)10-4-6-12-7-5-10;1-6-7(2)8(11)10-9(3,4)5;1-5-8(4)9(11)10(6-2)7-3;1-5-7(4)8(10)9-6(2)3;1-5-6(2)7(9)8(3)4;1-4-6(2,3)5(7)8;1-3-4(2)5(6)7/h8H,6-7H2,1-5H3,(H,12,14);8H,3-7H2,1-2H3;7H,6H2,1-5H3,(H,10,11);8H,5-7H2,1-4H3;6-7H,5H2,1-4H3,(H,9,10);6H,5H2,1-4H3;4H2,1-3H3,(H2,7,8);4H,3H2,1-2H3,(H2,6,7). The van der Waals surface area contributed by atoms with Gasteiger partial charge in [0.1, 0.15) is 5.78 Å². The third-order valence-electron chi connectivity index (χ3n) is 13.9. The predicted molar refractivity (Wildman–Crippen MR) is 341 cm³/mol. The number of primary amides is 2. The van der Waals surface area contributed by atoms with Crippen LogP contribution in [-0.4, -0.2) is 138 Å². The topological polar surface area (TPSA) is 261 Å². The predicted octanol–water partition coefficient (Wildman–Crippen LogP) is 10.7. The first-order chi connectivity index (χ1) is 37.4. The molecule has 1 aliphatic rings. The van der Waals surface area contributed by atoms with Gasteiger partial charge < -0.3 is 46.9 Å². The lowest BCUT2D eigenvalue weighted by molar-refractivity contribution is -0.139. The van der Waals surface area contributed by atoms with Gasteiger partial charge in [0.2, 0.25) is 47.3 Å². The first-order valence-electron chi connectivity index (χ1n) is 30.8. The molecule has 18 heteroatoms. The number of amides is 8. The SMILES string of the molecule is CCC(C)(C)C(N)=O.CCC(C)C(=O)N(C)C.CCC(C)C(=O)N(CC)CC.CCC(C)C(=O)N1CCOCC1.CCC(C)C(=O)NC(C)(C)C.CCC(C)C(=O)NC(C)(C)CC(C)=O.CCC(C)C(=O)NC(C)C.CCC(C)C(N)=O. The zero-order valence-corrected chi connectivity index (χ0v) is 58.3. The first-order valence-corrected chi connectivity index (χ1v) is 30.8. The van der Waals surface area contributed by atoms with Gasteiger partial charge in [0, 0.05) is 111 Å². The van der Waals surface area contributed by atoms with Gasteiger partial charge in [-0.2, -0.15) is 0 Å². The van der Waals surface area contributed by atoms with Crippen molar-refractivity contribution in [2.45, 2.75) is 262 Å². The summed E-state index contributed by atoms with van der Waals surface area (Å²) in [5.41, 5.74) is 9.11. The molecule has 82 heavy (non-hydrogen) atoms. The molecular formula is C64H132N8O10. The molecule has 7 atom stereocenters. The van der Waals surface area contributed by atoms with Gasteiger partial charge in [-0.1, -0.05) is 118 Å². The molecule has 1 fully saturated rings. The van der Waals surface area contributed by atoms with Gasteiger partial charge in [-0.3, -0.25) is 43.2 Å². The summed E-state index contributed by atoms with van der Waals surface area (Å²) in [4.78, 5) is 105. The summed E-state index contributed by atoms with van der Waals surface area (Å²) in [6.07, 6.45) is 7.47. The molecule has 488 valence electrons. The van der Waals surface area contributed by atoms with Crippen LogP contribution in [0.2, 0.25) is 0 Å². The maximum absolute atomic E-state index is 11.6. The summed E-state index contributed by atoms with van der Waals surface area (Å²) in [6, 6.07) is 0.265. The van der Waals surface area contributed by atoms with Crippen molar-refractivity contribution in [3.05, 3.63) is 0 Å². The molecule has 0 aliphatic carbocycles. The van der Waals surface area contributed by atoms with Crippen LogP contribution in [0, 0.1) is 46.8 Å². The molecule has 1 aliphatic heterocycles. The van der Waals surface area contributed by atoms with Crippen molar-refractivity contribution >= 4 is 53.0 Å². The maximum Gasteiger partial charge on any atom is 0.225 e. The van der Waals surface area contributed by atoms with Gasteiger partial charge in [0.05, 0.1) is 13.2 Å². The lowest BCUT2D eigenvalue weighted by atomic mass is 9.90. The Balaban J connectivity index is -0.000000158. The molecule has 0 saturated carbocycles. The van der Waals surface area contributed by atoms with Gasteiger partial charge in [-0.05, 0) is 121 Å². The second-order valence-electron chi connectivity index (χ2n) is 24.5. The Morgan fingerprint density at radius 2 is 0.866 bits per heavy atom. The first kappa shape index (κ1) is 91.1. The van der Waals surface area contributed by atoms with E-state index in [0.29, 0.717) is 19.6 Å². The van der Waals surface area contributed by atoms with Crippen molar-refractivity contribution in [3.8, 4) is 0 Å². The van der Waals surface area contributed by atoms with Gasteiger partial charge in [0.25, 0.3) is 0 Å². The number of hydrogen-bond donors (Lipinski definition) is 5. The summed E-state index contributed by atoms with van der Waals surface area (Å²) >= 11 is 0. The van der Waals surface area contributed by atoms with E-state index < -0.39 is 5.54 Å². The van der Waals surface area contributed by atoms with E-state index in [2.05, 4.69) is 16.0 Å². The van der Waals surface area contributed by atoms with E-state index in [1.54, 1.807) is 19.0 Å². The molecule has 8 amide bonds. The maximum atomic E-state index is 11.6. The number of ether oxygens (including phenoxy) is 1. The van der Waals surface area contributed by atoms with Gasteiger partial charge in [-0.25, -0.2) is 0 Å². The number of morpholine rings is 1. The van der Waals surface area contributed by atoms with Crippen LogP contribution in [0.25, 0.3) is 0 Å². The number of carbonyl (C=O) groups excluding carboxylic acids is 9. The van der Waals surface area contributed by atoms with Crippen LogP contribution in [0.15, 0.2) is 0 Å². The molecule has 0 aromatic heterocycles. The molecular weight excluding hydrogens is 1040 g/mol. The summed E-state index contributed by atoms with van der Waals surface area (Å²) in [6.45, 7) is 57.0. The van der Waals surface area contributed by atoms with Crippen LogP contribution in [0.3, 0.4) is 0 Å². The number of carbonyl (C=O) groups is 9. The van der Waals surface area contributed by atoms with Crippen molar-refractivity contribution in [2.75, 3.05) is 53.5 Å². The average molecular weight is 1170 g/mol. The summed E-state index contributed by atoms with van der Waals surface area (Å²) < 4.78 is 5.17. The highest BCUT2D eigenvalue weighted by molar-refractivity contribution is 5.82. The summed E-state index contributed by atoms with van der Waals surface area (Å²) in [5.74, 6) is 1.69. The number of Topliss-reactive ketones (excluding diaryl/α,β-unsaturated/α-hetero) is 1. The van der Waals surface area contributed by atoms with E-state index in [4.69, 9.17) is 16.2 Å². The lowest BCUT2D eigenvalue weighted by Crippen LogP contribution is -2.46. The Hall–Kier alpha value is -4.61. The van der Waals surface area contributed by atoms with E-state index >= 15 is 0 Å². The molecule has 0 aromatic carbocycles. The number of rotatable bonds is 22. The monoisotopic (exact) mass is 1170 g/mol. The van der Waals surface area contributed by atoms with E-state index in [1.165, 1.54) is 6.92 Å². The number of nitrogens with one attached hydrogen (secondary N) is 3. The van der Waals surface area contributed by atoms with Crippen LogP contribution in [0.1, 0.15) is 245 Å². The van der Waals surface area contributed by atoms with Crippen molar-refractivity contribution in [1.29, 1.82) is 0 Å². The largest absolute Gasteiger partial charge is 0.378 e. The molecule has 0 spiro atoms. The van der Waals surface area contributed by atoms with Crippen molar-refractivity contribution in [2.24, 2.45) is 58.3 Å². The zero-order valence-electron chi connectivity index (χ0n) is 58.3. The van der Waals surface area contributed by atoms with Gasteiger partial charge in [0.15, 0.2) is 0 Å². The summed E-state index contributed by atoms with van der Waals surface area (Å²) in [5, 5.41) is 8.66. The molecule has 1 saturated heterocycles. The van der Waals surface area contributed by atoms with Crippen LogP contribution >= 0.6 is 0 Å². The third-order valence-corrected chi connectivity index (χ3v) is 13.9.